The van der Waals surface area contributed by atoms with E-state index in [1.807, 2.05) is 50.2 Å². The van der Waals surface area contributed by atoms with Crippen LogP contribution in [0.1, 0.15) is 25.8 Å². The molecule has 3 rings (SSSR count). The van der Waals surface area contributed by atoms with Crippen LogP contribution in [-0.2, 0) is 16.1 Å². The van der Waals surface area contributed by atoms with Crippen LogP contribution in [0.3, 0.4) is 0 Å². The number of rotatable bonds is 6. The third-order valence-electron chi connectivity index (χ3n) is 4.91. The lowest BCUT2D eigenvalue weighted by atomic mass is 10.1. The zero-order valence-corrected chi connectivity index (χ0v) is 16.7. The Hall–Kier alpha value is -3.35. The first-order valence-corrected chi connectivity index (χ1v) is 9.77. The molecule has 1 aliphatic heterocycles. The van der Waals surface area contributed by atoms with Gasteiger partial charge in [-0.3, -0.25) is 19.4 Å². The number of nitrogens with zero attached hydrogens (tertiary/aromatic N) is 2. The van der Waals surface area contributed by atoms with Crippen molar-refractivity contribution in [2.75, 3.05) is 22.9 Å². The quantitative estimate of drug-likeness (QED) is 0.790. The summed E-state index contributed by atoms with van der Waals surface area (Å²) in [6, 6.07) is 16.4. The minimum Gasteiger partial charge on any atom is -0.352 e. The Morgan fingerprint density at radius 2 is 1.69 bits per heavy atom. The van der Waals surface area contributed by atoms with Gasteiger partial charge in [0.25, 0.3) is 0 Å². The van der Waals surface area contributed by atoms with Crippen LogP contribution in [0.5, 0.6) is 0 Å². The monoisotopic (exact) mass is 394 g/mol. The highest BCUT2D eigenvalue weighted by molar-refractivity contribution is 6.12. The van der Waals surface area contributed by atoms with Gasteiger partial charge in [-0.05, 0) is 31.0 Å². The number of para-hydroxylation sites is 2. The number of fused-ring (bicyclic) bond motifs is 1. The van der Waals surface area contributed by atoms with E-state index in [4.69, 9.17) is 0 Å². The van der Waals surface area contributed by atoms with Crippen LogP contribution in [-0.4, -0.2) is 37.0 Å². The Bertz CT molecular complexity index is 885. The molecule has 1 heterocycles. The minimum absolute atomic E-state index is 0.0397. The lowest BCUT2D eigenvalue weighted by Crippen LogP contribution is -2.53. The summed E-state index contributed by atoms with van der Waals surface area (Å²) in [5.41, 5.74) is 2.13. The molecule has 1 aliphatic rings. The SMILES string of the molecule is CC[C@H](C)NC(=O)CN1C(=O)CN(C(=O)NCc2ccccc2)c2ccccc21. The highest BCUT2D eigenvalue weighted by Crippen LogP contribution is 2.33. The maximum atomic E-state index is 12.8. The first-order chi connectivity index (χ1) is 14.0. The van der Waals surface area contributed by atoms with E-state index < -0.39 is 0 Å². The molecule has 0 saturated heterocycles. The lowest BCUT2D eigenvalue weighted by molar-refractivity contribution is -0.123. The molecule has 0 fully saturated rings. The highest BCUT2D eigenvalue weighted by Gasteiger charge is 2.33. The van der Waals surface area contributed by atoms with Gasteiger partial charge in [0.2, 0.25) is 11.8 Å². The third kappa shape index (κ3) is 4.93. The van der Waals surface area contributed by atoms with Crippen molar-refractivity contribution in [1.29, 1.82) is 0 Å². The van der Waals surface area contributed by atoms with E-state index in [2.05, 4.69) is 10.6 Å². The summed E-state index contributed by atoms with van der Waals surface area (Å²) in [5.74, 6) is -0.512. The van der Waals surface area contributed by atoms with Gasteiger partial charge in [0.15, 0.2) is 0 Å². The van der Waals surface area contributed by atoms with Crippen molar-refractivity contribution in [1.82, 2.24) is 10.6 Å². The Morgan fingerprint density at radius 3 is 2.38 bits per heavy atom. The van der Waals surface area contributed by atoms with Gasteiger partial charge in [0, 0.05) is 12.6 Å². The van der Waals surface area contributed by atoms with Gasteiger partial charge in [0.1, 0.15) is 13.1 Å². The van der Waals surface area contributed by atoms with Crippen molar-refractivity contribution in [2.45, 2.75) is 32.9 Å². The summed E-state index contributed by atoms with van der Waals surface area (Å²) in [6.45, 7) is 4.09. The second-order valence-electron chi connectivity index (χ2n) is 7.08. The maximum Gasteiger partial charge on any atom is 0.322 e. The number of benzene rings is 2. The van der Waals surface area contributed by atoms with Gasteiger partial charge >= 0.3 is 6.03 Å². The Labute approximate surface area is 170 Å². The van der Waals surface area contributed by atoms with Crippen molar-refractivity contribution < 1.29 is 14.4 Å². The summed E-state index contributed by atoms with van der Waals surface area (Å²) in [6.07, 6.45) is 0.811. The number of carbonyl (C=O) groups excluding carboxylic acids is 3. The summed E-state index contributed by atoms with van der Waals surface area (Å²) in [4.78, 5) is 40.7. The summed E-state index contributed by atoms with van der Waals surface area (Å²) < 4.78 is 0. The van der Waals surface area contributed by atoms with E-state index in [0.717, 1.165) is 12.0 Å². The molecule has 0 aromatic heterocycles. The second-order valence-corrected chi connectivity index (χ2v) is 7.08. The Balaban J connectivity index is 1.74. The van der Waals surface area contributed by atoms with E-state index in [0.29, 0.717) is 17.9 Å². The fourth-order valence-electron chi connectivity index (χ4n) is 3.15. The zero-order chi connectivity index (χ0) is 20.8. The van der Waals surface area contributed by atoms with E-state index in [-0.39, 0.29) is 37.0 Å². The standard InChI is InChI=1S/C22H26N4O3/c1-3-16(2)24-20(27)14-25-18-11-7-8-12-19(18)26(15-21(25)28)22(29)23-13-17-9-5-4-6-10-17/h4-12,16H,3,13-15H2,1-2H3,(H,23,29)(H,24,27)/t16-/m0/s1. The maximum absolute atomic E-state index is 12.8. The number of carbonyl (C=O) groups is 3. The van der Waals surface area contributed by atoms with E-state index >= 15 is 0 Å². The summed E-state index contributed by atoms with van der Waals surface area (Å²) in [5, 5.41) is 5.73. The zero-order valence-electron chi connectivity index (χ0n) is 16.7. The third-order valence-corrected chi connectivity index (χ3v) is 4.91. The normalized spacial score (nSPS) is 14.2. The van der Waals surface area contributed by atoms with E-state index in [1.165, 1.54) is 9.80 Å². The molecular formula is C22H26N4O3. The highest BCUT2D eigenvalue weighted by atomic mass is 16.2. The van der Waals surface area contributed by atoms with Gasteiger partial charge in [-0.25, -0.2) is 4.79 Å². The van der Waals surface area contributed by atoms with Gasteiger partial charge in [-0.2, -0.15) is 0 Å². The van der Waals surface area contributed by atoms with Gasteiger partial charge in [-0.15, -0.1) is 0 Å². The average molecular weight is 394 g/mol. The van der Waals surface area contributed by atoms with Crippen molar-refractivity contribution in [2.24, 2.45) is 0 Å². The molecule has 2 aromatic rings. The Morgan fingerprint density at radius 1 is 1.03 bits per heavy atom. The molecule has 0 bridgehead atoms. The van der Waals surface area contributed by atoms with E-state index in [1.54, 1.807) is 18.2 Å². The average Bonchev–Trinajstić information content (AvgIpc) is 2.74. The minimum atomic E-state index is -0.349. The molecule has 2 N–H and O–H groups in total. The van der Waals surface area contributed by atoms with Crippen molar-refractivity contribution in [3.63, 3.8) is 0 Å². The molecule has 0 saturated carbocycles. The molecule has 4 amide bonds. The van der Waals surface area contributed by atoms with Crippen LogP contribution in [0, 0.1) is 0 Å². The molecule has 0 unspecified atom stereocenters. The summed E-state index contributed by atoms with van der Waals surface area (Å²) in [7, 11) is 0. The van der Waals surface area contributed by atoms with Crippen molar-refractivity contribution in [3.8, 4) is 0 Å². The van der Waals surface area contributed by atoms with E-state index in [9.17, 15) is 14.4 Å². The van der Waals surface area contributed by atoms with Crippen LogP contribution in [0.4, 0.5) is 16.2 Å². The predicted molar refractivity (Wildman–Crippen MR) is 113 cm³/mol. The molecule has 0 spiro atoms. The number of urea groups is 1. The van der Waals surface area contributed by atoms with Crippen LogP contribution < -0.4 is 20.4 Å². The molecule has 29 heavy (non-hydrogen) atoms. The largest absolute Gasteiger partial charge is 0.352 e. The molecule has 7 nitrogen and oxygen atoms in total. The van der Waals surface area contributed by atoms with Crippen molar-refractivity contribution in [3.05, 3.63) is 60.2 Å². The number of hydrogen-bond donors (Lipinski definition) is 2. The first kappa shape index (κ1) is 20.4. The molecule has 1 atom stereocenters. The molecule has 2 aromatic carbocycles. The molecule has 152 valence electrons. The molecule has 0 radical (unpaired) electrons. The number of amides is 4. The van der Waals surface area contributed by atoms with Crippen molar-refractivity contribution >= 4 is 29.2 Å². The van der Waals surface area contributed by atoms with Crippen LogP contribution in [0.25, 0.3) is 0 Å². The van der Waals surface area contributed by atoms with Crippen LogP contribution in [0.2, 0.25) is 0 Å². The fourth-order valence-corrected chi connectivity index (χ4v) is 3.15. The fraction of sp³-hybridized carbons (Fsp3) is 0.318. The first-order valence-electron chi connectivity index (χ1n) is 9.77. The van der Waals surface area contributed by atoms with Crippen LogP contribution in [0.15, 0.2) is 54.6 Å². The van der Waals surface area contributed by atoms with Gasteiger partial charge in [0.05, 0.1) is 11.4 Å². The smallest absolute Gasteiger partial charge is 0.322 e. The summed E-state index contributed by atoms with van der Waals surface area (Å²) >= 11 is 0. The van der Waals surface area contributed by atoms with Gasteiger partial charge in [-0.1, -0.05) is 49.4 Å². The van der Waals surface area contributed by atoms with Gasteiger partial charge < -0.3 is 10.6 Å². The number of anilines is 2. The second kappa shape index (κ2) is 9.23. The number of nitrogens with one attached hydrogen (secondary N) is 2. The number of hydrogen-bond acceptors (Lipinski definition) is 3. The topological polar surface area (TPSA) is 81.8 Å². The van der Waals surface area contributed by atoms with Crippen LogP contribution >= 0.6 is 0 Å². The predicted octanol–water partition coefficient (Wildman–Crippen LogP) is 2.66. The molecule has 7 heteroatoms. The molecular weight excluding hydrogens is 368 g/mol. The molecule has 0 aliphatic carbocycles. The lowest BCUT2D eigenvalue weighted by Gasteiger charge is -2.35. The Kier molecular flexibility index (Phi) is 6.49.